The summed E-state index contributed by atoms with van der Waals surface area (Å²) in [6.07, 6.45) is 0.889. The number of nitrogens with one attached hydrogen (secondary N) is 1. The highest BCUT2D eigenvalue weighted by Gasteiger charge is 2.14. The molecule has 0 atom stereocenters. The molecule has 0 saturated heterocycles. The summed E-state index contributed by atoms with van der Waals surface area (Å²) in [5.74, 6) is 1.54. The van der Waals surface area contributed by atoms with Gasteiger partial charge >= 0.3 is 5.69 Å². The minimum absolute atomic E-state index is 0.115. The lowest BCUT2D eigenvalue weighted by molar-refractivity contribution is -0.121. The molecule has 0 aliphatic carbocycles. The largest absolute Gasteiger partial charge is 0.497 e. The van der Waals surface area contributed by atoms with Crippen LogP contribution < -0.4 is 15.7 Å². The van der Waals surface area contributed by atoms with Gasteiger partial charge in [0.1, 0.15) is 18.1 Å². The lowest BCUT2D eigenvalue weighted by Gasteiger charge is -2.06. The van der Waals surface area contributed by atoms with E-state index in [2.05, 4.69) is 29.2 Å². The average Bonchev–Trinajstić information content (AvgIpc) is 2.97. The molecule has 0 fully saturated rings. The minimum Gasteiger partial charge on any atom is -0.497 e. The molecule has 148 valence electrons. The number of hydrogen-bond acceptors (Lipinski definition) is 5. The lowest BCUT2D eigenvalue weighted by atomic mass is 10.1. The van der Waals surface area contributed by atoms with Crippen molar-refractivity contribution < 1.29 is 9.53 Å². The molecule has 0 bridgehead atoms. The molecule has 2 aromatic heterocycles. The van der Waals surface area contributed by atoms with Gasteiger partial charge in [-0.2, -0.15) is 0 Å². The maximum absolute atomic E-state index is 12.6. The minimum atomic E-state index is -0.375. The number of hydrogen-bond donors (Lipinski definition) is 1. The van der Waals surface area contributed by atoms with Crippen LogP contribution in [0.15, 0.2) is 35.1 Å². The first-order valence-electron chi connectivity index (χ1n) is 9.27. The average molecular weight is 383 g/mol. The van der Waals surface area contributed by atoms with Crippen LogP contribution in [0.2, 0.25) is 0 Å². The fourth-order valence-corrected chi connectivity index (χ4v) is 2.91. The van der Waals surface area contributed by atoms with Gasteiger partial charge in [0.25, 0.3) is 0 Å². The van der Waals surface area contributed by atoms with Crippen LogP contribution in [0.4, 0.5) is 0 Å². The van der Waals surface area contributed by atoms with Gasteiger partial charge < -0.3 is 10.1 Å². The lowest BCUT2D eigenvalue weighted by Crippen LogP contribution is -2.33. The summed E-state index contributed by atoms with van der Waals surface area (Å²) in [6.45, 7) is 6.40. The first-order valence-corrected chi connectivity index (χ1v) is 9.27. The molecule has 0 unspecified atom stereocenters. The SMILES string of the molecule is COc1ccc(-c2cc3nn(CC(=O)NCCC(C)C)c(=O)n3c(C)n2)cc1. The van der Waals surface area contributed by atoms with E-state index in [1.54, 1.807) is 20.1 Å². The Hall–Kier alpha value is -3.16. The number of fused-ring (bicyclic) bond motifs is 1. The third kappa shape index (κ3) is 4.21. The molecule has 28 heavy (non-hydrogen) atoms. The van der Waals surface area contributed by atoms with E-state index in [0.29, 0.717) is 29.6 Å². The van der Waals surface area contributed by atoms with Crippen molar-refractivity contribution in [2.75, 3.05) is 13.7 Å². The highest BCUT2D eigenvalue weighted by Crippen LogP contribution is 2.21. The summed E-state index contributed by atoms with van der Waals surface area (Å²) in [6, 6.07) is 9.23. The number of aromatic nitrogens is 4. The summed E-state index contributed by atoms with van der Waals surface area (Å²) in [5, 5.41) is 7.14. The second-order valence-corrected chi connectivity index (χ2v) is 7.08. The molecule has 3 rings (SSSR count). The molecule has 0 aliphatic heterocycles. The van der Waals surface area contributed by atoms with E-state index in [1.807, 2.05) is 24.3 Å². The summed E-state index contributed by atoms with van der Waals surface area (Å²) in [4.78, 5) is 29.3. The van der Waals surface area contributed by atoms with Crippen molar-refractivity contribution in [2.24, 2.45) is 5.92 Å². The molecule has 2 heterocycles. The molecule has 1 N–H and O–H groups in total. The van der Waals surface area contributed by atoms with Gasteiger partial charge in [-0.1, -0.05) is 13.8 Å². The summed E-state index contributed by atoms with van der Waals surface area (Å²) < 4.78 is 7.76. The maximum atomic E-state index is 12.6. The molecule has 8 heteroatoms. The molecule has 0 saturated carbocycles. The van der Waals surface area contributed by atoms with Crippen LogP contribution >= 0.6 is 0 Å². The van der Waals surface area contributed by atoms with Gasteiger partial charge in [-0.3, -0.25) is 4.79 Å². The fraction of sp³-hybridized carbons (Fsp3) is 0.400. The quantitative estimate of drug-likeness (QED) is 0.674. The number of aryl methyl sites for hydroxylation is 1. The zero-order valence-electron chi connectivity index (χ0n) is 16.6. The zero-order valence-corrected chi connectivity index (χ0v) is 16.6. The van der Waals surface area contributed by atoms with Gasteiger partial charge in [-0.05, 0) is 43.5 Å². The predicted molar refractivity (Wildman–Crippen MR) is 106 cm³/mol. The topological polar surface area (TPSA) is 90.5 Å². The van der Waals surface area contributed by atoms with Crippen LogP contribution in [0.25, 0.3) is 16.9 Å². The zero-order chi connectivity index (χ0) is 20.3. The van der Waals surface area contributed by atoms with Gasteiger partial charge in [0.05, 0.1) is 12.8 Å². The smallest absolute Gasteiger partial charge is 0.352 e. The third-order valence-electron chi connectivity index (χ3n) is 4.46. The van der Waals surface area contributed by atoms with Crippen LogP contribution in [0.5, 0.6) is 5.75 Å². The Balaban J connectivity index is 1.86. The Morgan fingerprint density at radius 2 is 1.96 bits per heavy atom. The molecule has 3 aromatic rings. The van der Waals surface area contributed by atoms with Crippen LogP contribution in [-0.4, -0.2) is 38.7 Å². The van der Waals surface area contributed by atoms with Crippen LogP contribution in [0, 0.1) is 12.8 Å². The van der Waals surface area contributed by atoms with Gasteiger partial charge in [0, 0.05) is 18.2 Å². The number of carbonyl (C=O) groups excluding carboxylic acids is 1. The van der Waals surface area contributed by atoms with E-state index in [-0.39, 0.29) is 18.1 Å². The monoisotopic (exact) mass is 383 g/mol. The van der Waals surface area contributed by atoms with Gasteiger partial charge in [-0.15, -0.1) is 5.10 Å². The van der Waals surface area contributed by atoms with Crippen molar-refractivity contribution in [2.45, 2.75) is 33.7 Å². The van der Waals surface area contributed by atoms with Crippen LogP contribution in [0.3, 0.4) is 0 Å². The number of ether oxygens (including phenoxy) is 1. The Morgan fingerprint density at radius 3 is 2.61 bits per heavy atom. The van der Waals surface area contributed by atoms with E-state index < -0.39 is 0 Å². The number of nitrogens with zero attached hydrogens (tertiary/aromatic N) is 4. The number of methoxy groups -OCH3 is 1. The Bertz CT molecular complexity index is 1030. The Morgan fingerprint density at radius 1 is 1.25 bits per heavy atom. The van der Waals surface area contributed by atoms with E-state index in [4.69, 9.17) is 4.74 Å². The molecule has 0 spiro atoms. The molecular weight excluding hydrogens is 358 g/mol. The number of amides is 1. The highest BCUT2D eigenvalue weighted by molar-refractivity contribution is 5.75. The molecule has 0 radical (unpaired) electrons. The van der Waals surface area contributed by atoms with Gasteiger partial charge in [0.15, 0.2) is 5.65 Å². The Labute approximate surface area is 163 Å². The second kappa shape index (κ2) is 8.24. The van der Waals surface area contributed by atoms with Crippen molar-refractivity contribution in [3.05, 3.63) is 46.6 Å². The first-order chi connectivity index (χ1) is 13.4. The number of benzene rings is 1. The van der Waals surface area contributed by atoms with Crippen LogP contribution in [0.1, 0.15) is 26.1 Å². The van der Waals surface area contributed by atoms with E-state index in [9.17, 15) is 9.59 Å². The maximum Gasteiger partial charge on any atom is 0.352 e. The van der Waals surface area contributed by atoms with Crippen molar-refractivity contribution in [3.63, 3.8) is 0 Å². The number of rotatable bonds is 7. The molecule has 1 aromatic carbocycles. The summed E-state index contributed by atoms with van der Waals surface area (Å²) in [7, 11) is 1.61. The first kappa shape index (κ1) is 19.6. The van der Waals surface area contributed by atoms with Crippen LogP contribution in [-0.2, 0) is 11.3 Å². The number of carbonyl (C=O) groups is 1. The van der Waals surface area contributed by atoms with Gasteiger partial charge in [0.2, 0.25) is 5.91 Å². The molecular formula is C20H25N5O3. The predicted octanol–water partition coefficient (Wildman–Crippen LogP) is 2.04. The Kier molecular flexibility index (Phi) is 5.77. The van der Waals surface area contributed by atoms with Crippen molar-refractivity contribution in [3.8, 4) is 17.0 Å². The highest BCUT2D eigenvalue weighted by atomic mass is 16.5. The van der Waals surface area contributed by atoms with Crippen molar-refractivity contribution in [1.29, 1.82) is 0 Å². The fourth-order valence-electron chi connectivity index (χ4n) is 2.91. The normalized spacial score (nSPS) is 11.2. The second-order valence-electron chi connectivity index (χ2n) is 7.08. The summed E-state index contributed by atoms with van der Waals surface area (Å²) in [5.41, 5.74) is 1.67. The van der Waals surface area contributed by atoms with Crippen molar-refractivity contribution >= 4 is 11.6 Å². The molecule has 1 amide bonds. The van der Waals surface area contributed by atoms with E-state index in [0.717, 1.165) is 17.7 Å². The third-order valence-corrected chi connectivity index (χ3v) is 4.46. The van der Waals surface area contributed by atoms with Gasteiger partial charge in [-0.25, -0.2) is 18.9 Å². The van der Waals surface area contributed by atoms with Crippen molar-refractivity contribution in [1.82, 2.24) is 24.5 Å². The van der Waals surface area contributed by atoms with E-state index in [1.165, 1.54) is 9.08 Å². The van der Waals surface area contributed by atoms with E-state index >= 15 is 0 Å². The molecule has 0 aliphatic rings. The summed E-state index contributed by atoms with van der Waals surface area (Å²) >= 11 is 0. The standard InChI is InChI=1S/C20H25N5O3/c1-13(2)9-10-21-19(26)12-24-20(27)25-14(3)22-17(11-18(25)23-24)15-5-7-16(28-4)8-6-15/h5-8,11,13H,9-10,12H2,1-4H3,(H,21,26). The molecule has 8 nitrogen and oxygen atoms in total.